The first-order chi connectivity index (χ1) is 8.66. The summed E-state index contributed by atoms with van der Waals surface area (Å²) in [4.78, 5) is 14.7. The van der Waals surface area contributed by atoms with Gasteiger partial charge in [0.1, 0.15) is 17.9 Å². The summed E-state index contributed by atoms with van der Waals surface area (Å²) in [5.74, 6) is -0.322. The second-order valence-electron chi connectivity index (χ2n) is 3.83. The highest BCUT2D eigenvalue weighted by molar-refractivity contribution is 5.84. The predicted molar refractivity (Wildman–Crippen MR) is 68.8 cm³/mol. The van der Waals surface area contributed by atoms with Crippen LogP contribution >= 0.6 is 0 Å². The van der Waals surface area contributed by atoms with Gasteiger partial charge in [-0.1, -0.05) is 18.2 Å². The van der Waals surface area contributed by atoms with Crippen molar-refractivity contribution in [1.29, 1.82) is 0 Å². The summed E-state index contributed by atoms with van der Waals surface area (Å²) in [6, 6.07) is 9.59. The lowest BCUT2D eigenvalue weighted by Crippen LogP contribution is -1.97. The number of carbonyl (C=O) groups is 1. The molecule has 0 saturated carbocycles. The second-order valence-corrected chi connectivity index (χ2v) is 3.83. The molecule has 1 N–H and O–H groups in total. The van der Waals surface area contributed by atoms with Crippen LogP contribution in [0.15, 0.2) is 42.5 Å². The summed E-state index contributed by atoms with van der Waals surface area (Å²) in [7, 11) is 0. The normalized spacial score (nSPS) is 10.9. The van der Waals surface area contributed by atoms with Crippen molar-refractivity contribution in [2.45, 2.75) is 6.92 Å². The zero-order chi connectivity index (χ0) is 13.0. The monoisotopic (exact) mass is 243 g/mol. The maximum Gasteiger partial charge on any atom is 0.328 e. The number of hydrogen-bond acceptors (Lipinski definition) is 3. The van der Waals surface area contributed by atoms with E-state index < -0.39 is 5.97 Å². The molecule has 1 aromatic heterocycles. The van der Waals surface area contributed by atoms with E-state index in [-0.39, 0.29) is 6.61 Å². The standard InChI is InChI=1S/C14H13NO3/c1-10-7-8-11-4-2-5-12(14(11)15-10)18-9-3-6-13(16)17/h2-8H,9H2,1H3,(H,16,17). The first-order valence-electron chi connectivity index (χ1n) is 5.55. The fourth-order valence-corrected chi connectivity index (χ4v) is 1.62. The number of carboxylic acids is 1. The number of pyridine rings is 1. The minimum atomic E-state index is -0.981. The van der Waals surface area contributed by atoms with Crippen molar-refractivity contribution in [3.63, 3.8) is 0 Å². The third kappa shape index (κ3) is 2.85. The number of nitrogens with zero attached hydrogens (tertiary/aromatic N) is 1. The fraction of sp³-hybridized carbons (Fsp3) is 0.143. The van der Waals surface area contributed by atoms with Gasteiger partial charge in [0.15, 0.2) is 0 Å². The van der Waals surface area contributed by atoms with Gasteiger partial charge in [-0.25, -0.2) is 9.78 Å². The van der Waals surface area contributed by atoms with Crippen molar-refractivity contribution in [3.05, 3.63) is 48.2 Å². The smallest absolute Gasteiger partial charge is 0.328 e. The minimum absolute atomic E-state index is 0.209. The van der Waals surface area contributed by atoms with Gasteiger partial charge in [0.25, 0.3) is 0 Å². The number of rotatable bonds is 4. The minimum Gasteiger partial charge on any atom is -0.487 e. The lowest BCUT2D eigenvalue weighted by molar-refractivity contribution is -0.131. The van der Waals surface area contributed by atoms with Gasteiger partial charge in [-0.05, 0) is 25.1 Å². The van der Waals surface area contributed by atoms with Crippen LogP contribution < -0.4 is 4.74 Å². The molecule has 0 fully saturated rings. The van der Waals surface area contributed by atoms with E-state index in [2.05, 4.69) is 4.98 Å². The lowest BCUT2D eigenvalue weighted by atomic mass is 10.2. The zero-order valence-electron chi connectivity index (χ0n) is 9.96. The van der Waals surface area contributed by atoms with Crippen molar-refractivity contribution in [1.82, 2.24) is 4.98 Å². The molecule has 18 heavy (non-hydrogen) atoms. The molecule has 4 heteroatoms. The van der Waals surface area contributed by atoms with Crippen LogP contribution in [0.1, 0.15) is 5.69 Å². The molecule has 0 aliphatic heterocycles. The van der Waals surface area contributed by atoms with Gasteiger partial charge < -0.3 is 9.84 Å². The number of aryl methyl sites for hydroxylation is 1. The first-order valence-corrected chi connectivity index (χ1v) is 5.55. The van der Waals surface area contributed by atoms with Crippen molar-refractivity contribution >= 4 is 16.9 Å². The Morgan fingerprint density at radius 3 is 3.00 bits per heavy atom. The number of hydrogen-bond donors (Lipinski definition) is 1. The highest BCUT2D eigenvalue weighted by atomic mass is 16.5. The zero-order valence-corrected chi connectivity index (χ0v) is 9.96. The Labute approximate surface area is 105 Å². The van der Waals surface area contributed by atoms with Gasteiger partial charge in [0, 0.05) is 17.2 Å². The predicted octanol–water partition coefficient (Wildman–Crippen LogP) is 2.56. The Kier molecular flexibility index (Phi) is 3.57. The molecule has 1 aromatic carbocycles. The van der Waals surface area contributed by atoms with E-state index in [1.54, 1.807) is 0 Å². The Morgan fingerprint density at radius 1 is 1.39 bits per heavy atom. The molecule has 1 heterocycles. The summed E-state index contributed by atoms with van der Waals surface area (Å²) in [5.41, 5.74) is 1.71. The lowest BCUT2D eigenvalue weighted by Gasteiger charge is -2.07. The number of para-hydroxylation sites is 1. The molecule has 0 amide bonds. The molecule has 0 aliphatic carbocycles. The summed E-state index contributed by atoms with van der Waals surface area (Å²) >= 11 is 0. The Hall–Kier alpha value is -2.36. The third-order valence-electron chi connectivity index (χ3n) is 2.42. The molecule has 0 aliphatic rings. The number of aromatic nitrogens is 1. The molecule has 0 spiro atoms. The van der Waals surface area contributed by atoms with Crippen molar-refractivity contribution in [2.75, 3.05) is 6.61 Å². The molecule has 2 rings (SSSR count). The van der Waals surface area contributed by atoms with E-state index in [9.17, 15) is 4.79 Å². The highest BCUT2D eigenvalue weighted by Gasteiger charge is 2.02. The Balaban J connectivity index is 2.22. The van der Waals surface area contributed by atoms with E-state index in [0.717, 1.165) is 22.7 Å². The molecule has 0 saturated heterocycles. The van der Waals surface area contributed by atoms with Crippen LogP contribution in [-0.2, 0) is 4.79 Å². The van der Waals surface area contributed by atoms with Gasteiger partial charge in [-0.2, -0.15) is 0 Å². The maximum atomic E-state index is 10.3. The number of fused-ring (bicyclic) bond motifs is 1. The van der Waals surface area contributed by atoms with Gasteiger partial charge in [0.05, 0.1) is 0 Å². The summed E-state index contributed by atoms with van der Waals surface area (Å²) in [6.07, 6.45) is 2.51. The molecular weight excluding hydrogens is 230 g/mol. The topological polar surface area (TPSA) is 59.4 Å². The van der Waals surface area contributed by atoms with E-state index >= 15 is 0 Å². The Morgan fingerprint density at radius 2 is 2.22 bits per heavy atom. The summed E-state index contributed by atoms with van der Waals surface area (Å²) in [6.45, 7) is 2.13. The van der Waals surface area contributed by atoms with Crippen LogP contribution in [0.3, 0.4) is 0 Å². The second kappa shape index (κ2) is 5.31. The molecule has 0 radical (unpaired) electrons. The average molecular weight is 243 g/mol. The number of aliphatic carboxylic acids is 1. The summed E-state index contributed by atoms with van der Waals surface area (Å²) < 4.78 is 5.51. The van der Waals surface area contributed by atoms with Crippen molar-refractivity contribution in [2.24, 2.45) is 0 Å². The molecule has 0 atom stereocenters. The number of carboxylic acid groups (broad SMARTS) is 1. The number of ether oxygens (including phenoxy) is 1. The first kappa shape index (κ1) is 12.1. The van der Waals surface area contributed by atoms with E-state index in [0.29, 0.717) is 5.75 Å². The fourth-order valence-electron chi connectivity index (χ4n) is 1.62. The van der Waals surface area contributed by atoms with Crippen LogP contribution in [0.5, 0.6) is 5.75 Å². The van der Waals surface area contributed by atoms with Crippen LogP contribution in [0, 0.1) is 6.92 Å². The molecule has 4 nitrogen and oxygen atoms in total. The maximum absolute atomic E-state index is 10.3. The molecule has 92 valence electrons. The quantitative estimate of drug-likeness (QED) is 0.838. The van der Waals surface area contributed by atoms with Crippen LogP contribution in [-0.4, -0.2) is 22.7 Å². The SMILES string of the molecule is Cc1ccc2cccc(OCC=CC(=O)O)c2n1. The van der Waals surface area contributed by atoms with E-state index in [4.69, 9.17) is 9.84 Å². The van der Waals surface area contributed by atoms with Gasteiger partial charge in [-0.3, -0.25) is 0 Å². The largest absolute Gasteiger partial charge is 0.487 e. The van der Waals surface area contributed by atoms with Gasteiger partial charge in [-0.15, -0.1) is 0 Å². The molecule has 2 aromatic rings. The van der Waals surface area contributed by atoms with Gasteiger partial charge >= 0.3 is 5.97 Å². The van der Waals surface area contributed by atoms with Crippen LogP contribution in [0.4, 0.5) is 0 Å². The van der Waals surface area contributed by atoms with E-state index in [1.807, 2.05) is 37.3 Å². The molecule has 0 bridgehead atoms. The highest BCUT2D eigenvalue weighted by Crippen LogP contribution is 2.23. The average Bonchev–Trinajstić information content (AvgIpc) is 2.34. The Bertz CT molecular complexity index is 605. The van der Waals surface area contributed by atoms with E-state index in [1.165, 1.54) is 6.08 Å². The molecular formula is C14H13NO3. The summed E-state index contributed by atoms with van der Waals surface area (Å²) in [5, 5.41) is 9.46. The molecule has 0 unspecified atom stereocenters. The third-order valence-corrected chi connectivity index (χ3v) is 2.42. The van der Waals surface area contributed by atoms with Crippen molar-refractivity contribution in [3.8, 4) is 5.75 Å². The van der Waals surface area contributed by atoms with Gasteiger partial charge in [0.2, 0.25) is 0 Å². The number of benzene rings is 1. The van der Waals surface area contributed by atoms with Crippen LogP contribution in [0.25, 0.3) is 10.9 Å². The van der Waals surface area contributed by atoms with Crippen LogP contribution in [0.2, 0.25) is 0 Å². The van der Waals surface area contributed by atoms with Crippen molar-refractivity contribution < 1.29 is 14.6 Å².